The zero-order valence-electron chi connectivity index (χ0n) is 15.9. The van der Waals surface area contributed by atoms with Crippen molar-refractivity contribution in [3.63, 3.8) is 0 Å². The number of anilines is 2. The van der Waals surface area contributed by atoms with Crippen LogP contribution in [0.25, 0.3) is 10.9 Å². The number of nitrogens with zero attached hydrogens (tertiary/aromatic N) is 2. The summed E-state index contributed by atoms with van der Waals surface area (Å²) in [7, 11) is 0. The summed E-state index contributed by atoms with van der Waals surface area (Å²) in [6.07, 6.45) is -1.37. The van der Waals surface area contributed by atoms with Crippen molar-refractivity contribution in [3.05, 3.63) is 52.4 Å². The molecule has 1 fully saturated rings. The number of fused-ring (bicyclic) bond motifs is 1. The molecule has 4 rings (SSSR count). The van der Waals surface area contributed by atoms with Gasteiger partial charge in [-0.05, 0) is 36.6 Å². The van der Waals surface area contributed by atoms with E-state index in [2.05, 4.69) is 15.4 Å². The van der Waals surface area contributed by atoms with Gasteiger partial charge in [0.1, 0.15) is 17.6 Å². The van der Waals surface area contributed by atoms with Gasteiger partial charge in [0.05, 0.1) is 11.6 Å². The Balaban J connectivity index is 1.69. The van der Waals surface area contributed by atoms with E-state index in [9.17, 15) is 22.4 Å². The molecule has 3 unspecified atom stereocenters. The van der Waals surface area contributed by atoms with E-state index in [-0.39, 0.29) is 22.3 Å². The van der Waals surface area contributed by atoms with Gasteiger partial charge in [0, 0.05) is 11.9 Å². The van der Waals surface area contributed by atoms with Crippen molar-refractivity contribution in [2.24, 2.45) is 5.73 Å². The molecule has 10 heteroatoms. The second-order valence-corrected chi connectivity index (χ2v) is 7.49. The van der Waals surface area contributed by atoms with E-state index in [1.165, 1.54) is 30.5 Å². The topological polar surface area (TPSA) is 88.7 Å². The minimum absolute atomic E-state index is 0.0799. The largest absolute Gasteiger partial charge is 0.407 e. The number of hydrogen-bond acceptors (Lipinski definition) is 4. The molecule has 1 aliphatic rings. The highest BCUT2D eigenvalue weighted by Crippen LogP contribution is 2.35. The average Bonchev–Trinajstić information content (AvgIpc) is 3.07. The highest BCUT2D eigenvalue weighted by Gasteiger charge is 2.37. The molecule has 3 aromatic rings. The molecule has 160 valence electrons. The van der Waals surface area contributed by atoms with Crippen LogP contribution in [-0.2, 0) is 0 Å². The zero-order chi connectivity index (χ0) is 21.5. The first-order chi connectivity index (χ1) is 14.3. The molecule has 0 saturated heterocycles. The molecule has 0 aliphatic heterocycles. The summed E-state index contributed by atoms with van der Waals surface area (Å²) in [4.78, 5) is 15.0. The van der Waals surface area contributed by atoms with Crippen molar-refractivity contribution < 1.29 is 17.6 Å². The lowest BCUT2D eigenvalue weighted by Gasteiger charge is -2.26. The highest BCUT2D eigenvalue weighted by atomic mass is 19.4. The van der Waals surface area contributed by atoms with Crippen molar-refractivity contribution in [1.29, 1.82) is 0 Å². The molecule has 1 aromatic carbocycles. The number of hydrogen-bond donors (Lipinski definition) is 3. The Kier molecular flexibility index (Phi) is 5.27. The van der Waals surface area contributed by atoms with E-state index in [0.29, 0.717) is 24.0 Å². The molecule has 0 radical (unpaired) electrons. The summed E-state index contributed by atoms with van der Waals surface area (Å²) in [5.74, 6) is 0.220. The second-order valence-electron chi connectivity index (χ2n) is 7.49. The van der Waals surface area contributed by atoms with Gasteiger partial charge < -0.3 is 16.0 Å². The van der Waals surface area contributed by atoms with Crippen molar-refractivity contribution in [1.82, 2.24) is 14.8 Å². The Morgan fingerprint density at radius 1 is 1.17 bits per heavy atom. The number of aromatic amines is 1. The molecule has 2 aromatic heterocycles. The first-order valence-corrected chi connectivity index (χ1v) is 9.69. The van der Waals surface area contributed by atoms with Gasteiger partial charge in [0.25, 0.3) is 5.56 Å². The number of nitrogens with two attached hydrogens (primary N) is 1. The van der Waals surface area contributed by atoms with Gasteiger partial charge in [-0.1, -0.05) is 25.0 Å². The van der Waals surface area contributed by atoms with Crippen LogP contribution >= 0.6 is 0 Å². The Morgan fingerprint density at radius 3 is 2.53 bits per heavy atom. The maximum atomic E-state index is 14.5. The van der Waals surface area contributed by atoms with E-state index < -0.39 is 24.4 Å². The van der Waals surface area contributed by atoms with Crippen LogP contribution in [0.4, 0.5) is 29.1 Å². The van der Waals surface area contributed by atoms with Gasteiger partial charge in [-0.15, -0.1) is 0 Å². The summed E-state index contributed by atoms with van der Waals surface area (Å²) in [5, 5.41) is 7.70. The number of pyridine rings is 1. The van der Waals surface area contributed by atoms with Crippen LogP contribution in [0.3, 0.4) is 0 Å². The fraction of sp³-hybridized carbons (Fsp3) is 0.400. The van der Waals surface area contributed by atoms with E-state index in [1.54, 1.807) is 10.7 Å². The minimum atomic E-state index is -4.54. The molecule has 1 saturated carbocycles. The van der Waals surface area contributed by atoms with Crippen molar-refractivity contribution in [2.45, 2.75) is 50.1 Å². The summed E-state index contributed by atoms with van der Waals surface area (Å²) in [6, 6.07) is 4.52. The smallest absolute Gasteiger partial charge is 0.338 e. The number of H-pyrrole nitrogens is 1. The van der Waals surface area contributed by atoms with E-state index in [0.717, 1.165) is 12.8 Å². The van der Waals surface area contributed by atoms with E-state index in [1.807, 2.05) is 0 Å². The number of aromatic nitrogens is 3. The monoisotopic (exact) mass is 423 g/mol. The zero-order valence-corrected chi connectivity index (χ0v) is 15.9. The van der Waals surface area contributed by atoms with Crippen molar-refractivity contribution in [2.75, 3.05) is 5.32 Å². The number of halogens is 4. The van der Waals surface area contributed by atoms with Gasteiger partial charge in [-0.25, -0.2) is 4.39 Å². The first-order valence-electron chi connectivity index (χ1n) is 9.69. The van der Waals surface area contributed by atoms with Crippen LogP contribution in [0.15, 0.2) is 41.3 Å². The van der Waals surface area contributed by atoms with Gasteiger partial charge in [0.2, 0.25) is 0 Å². The molecular formula is C20H21F4N5O. The Hall–Kier alpha value is -2.88. The lowest BCUT2D eigenvalue weighted by molar-refractivity contribution is -0.149. The van der Waals surface area contributed by atoms with Crippen LogP contribution in [0.2, 0.25) is 0 Å². The Bertz CT molecular complexity index is 1090. The standard InChI is InChI=1S/C20H21F4N5O/c21-13-3-1-2-4-14(13)29-15-9-10-26-19(30)16(15)18(28-29)27-12-7-5-11(6-8-12)17(25)20(22,23)24/h5-10,13-14,17H,1-4,25H2,(H,26,30)(H,27,28). The number of benzene rings is 1. The van der Waals surface area contributed by atoms with Gasteiger partial charge in [-0.2, -0.15) is 18.3 Å². The molecule has 6 nitrogen and oxygen atoms in total. The van der Waals surface area contributed by atoms with E-state index in [4.69, 9.17) is 5.73 Å². The predicted octanol–water partition coefficient (Wildman–Crippen LogP) is 4.48. The van der Waals surface area contributed by atoms with Crippen molar-refractivity contribution >= 4 is 22.4 Å². The molecule has 0 spiro atoms. The second kappa shape index (κ2) is 7.75. The van der Waals surface area contributed by atoms with Gasteiger partial charge >= 0.3 is 6.18 Å². The average molecular weight is 423 g/mol. The van der Waals surface area contributed by atoms with E-state index >= 15 is 0 Å². The number of rotatable bonds is 4. The summed E-state index contributed by atoms with van der Waals surface area (Å²) >= 11 is 0. The van der Waals surface area contributed by atoms with Gasteiger partial charge in [0.15, 0.2) is 5.82 Å². The summed E-state index contributed by atoms with van der Waals surface area (Å²) < 4.78 is 54.5. The fourth-order valence-electron chi connectivity index (χ4n) is 3.88. The third kappa shape index (κ3) is 3.79. The molecule has 3 atom stereocenters. The third-order valence-electron chi connectivity index (χ3n) is 5.48. The maximum absolute atomic E-state index is 14.5. The Labute approximate surface area is 169 Å². The number of nitrogens with one attached hydrogen (secondary N) is 2. The van der Waals surface area contributed by atoms with Crippen LogP contribution in [0.5, 0.6) is 0 Å². The fourth-order valence-corrected chi connectivity index (χ4v) is 3.88. The SMILES string of the molecule is NC(c1ccc(Nc2nn(C3CCCCC3F)c3cc[nH]c(=O)c23)cc1)C(F)(F)F. The molecule has 0 amide bonds. The lowest BCUT2D eigenvalue weighted by Crippen LogP contribution is -2.28. The molecule has 4 N–H and O–H groups in total. The van der Waals surface area contributed by atoms with Gasteiger partial charge in [-0.3, -0.25) is 9.48 Å². The highest BCUT2D eigenvalue weighted by molar-refractivity contribution is 5.91. The third-order valence-corrected chi connectivity index (χ3v) is 5.48. The molecule has 0 bridgehead atoms. The quantitative estimate of drug-likeness (QED) is 0.540. The summed E-state index contributed by atoms with van der Waals surface area (Å²) in [6.45, 7) is 0. The number of alkyl halides is 4. The molecule has 1 aliphatic carbocycles. The van der Waals surface area contributed by atoms with Crippen LogP contribution in [-0.4, -0.2) is 27.1 Å². The van der Waals surface area contributed by atoms with Crippen LogP contribution < -0.4 is 16.6 Å². The van der Waals surface area contributed by atoms with Crippen LogP contribution in [0, 0.1) is 0 Å². The predicted molar refractivity (Wildman–Crippen MR) is 105 cm³/mol. The molecular weight excluding hydrogens is 402 g/mol. The van der Waals surface area contributed by atoms with Crippen LogP contribution in [0.1, 0.15) is 43.3 Å². The normalized spacial score (nSPS) is 21.0. The maximum Gasteiger partial charge on any atom is 0.407 e. The minimum Gasteiger partial charge on any atom is -0.338 e. The van der Waals surface area contributed by atoms with Crippen molar-refractivity contribution in [3.8, 4) is 0 Å². The molecule has 30 heavy (non-hydrogen) atoms. The lowest BCUT2D eigenvalue weighted by atomic mass is 9.94. The summed E-state index contributed by atoms with van der Waals surface area (Å²) in [5.41, 5.74) is 5.70. The Morgan fingerprint density at radius 2 is 1.87 bits per heavy atom. The first kappa shape index (κ1) is 20.4. The molecule has 2 heterocycles.